The van der Waals surface area contributed by atoms with Gasteiger partial charge in [0.15, 0.2) is 0 Å². The maximum atomic E-state index is 13.1. The lowest BCUT2D eigenvalue weighted by molar-refractivity contribution is -0.275. The molecule has 0 saturated heterocycles. The van der Waals surface area contributed by atoms with Gasteiger partial charge in [0.25, 0.3) is 0 Å². The standard InChI is InChI=1S/C33H29F3N2O5.C14H12F3NO3/c1-18(2)38-16-26(32(39)40)24-12-10-21(15-28(24)38)23-13-11-22(14-19(23)3)41-17-27-30(37-43-31(27)20-8-9-20)25-6-4-5-7-29(25)42-33(34,35)36;15-14(16,17)20-11-4-2-1-3-9(11)12-10(7-19)13(21-18-12)8-5-6-8/h4-7,10-16,18,20H,8-9,17H2,1-3H3,(H,39,40);1-4,8,19H,5-7H2. The van der Waals surface area contributed by atoms with Crippen LogP contribution in [0.2, 0.25) is 0 Å². The molecule has 11 nitrogen and oxygen atoms in total. The van der Waals surface area contributed by atoms with Gasteiger partial charge in [0.1, 0.15) is 46.8 Å². The largest absolute Gasteiger partial charge is 0.573 e. The first-order valence-corrected chi connectivity index (χ1v) is 20.4. The normalized spacial score (nSPS) is 14.1. The summed E-state index contributed by atoms with van der Waals surface area (Å²) >= 11 is 0. The molecule has 64 heavy (non-hydrogen) atoms. The van der Waals surface area contributed by atoms with Gasteiger partial charge < -0.3 is 38.0 Å². The Morgan fingerprint density at radius 1 is 0.766 bits per heavy atom. The molecule has 0 amide bonds. The van der Waals surface area contributed by atoms with Gasteiger partial charge in [-0.2, -0.15) is 0 Å². The van der Waals surface area contributed by atoms with Crippen LogP contribution in [0.4, 0.5) is 26.3 Å². The molecule has 2 saturated carbocycles. The van der Waals surface area contributed by atoms with Crippen molar-refractivity contribution in [1.29, 1.82) is 0 Å². The first-order valence-electron chi connectivity index (χ1n) is 20.4. The van der Waals surface area contributed by atoms with Crippen LogP contribution in [0.1, 0.15) is 96.0 Å². The van der Waals surface area contributed by atoms with Crippen molar-refractivity contribution in [3.63, 3.8) is 0 Å². The van der Waals surface area contributed by atoms with Crippen LogP contribution in [0.25, 0.3) is 44.5 Å². The van der Waals surface area contributed by atoms with E-state index in [4.69, 9.17) is 13.8 Å². The Labute approximate surface area is 361 Å². The van der Waals surface area contributed by atoms with Crippen LogP contribution in [0.3, 0.4) is 0 Å². The number of aromatic nitrogens is 3. The second kappa shape index (κ2) is 17.4. The SMILES string of the molecule is Cc1cc(OCc2c(-c3ccccc3OC(F)(F)F)noc2C2CC2)ccc1-c1ccc2c(C(=O)O)cn(C(C)C)c2c1.OCc1c(-c2ccccc2OC(F)(F)F)noc1C1CC1. The number of hydrogen-bond donors (Lipinski definition) is 2. The molecule has 0 bridgehead atoms. The summed E-state index contributed by atoms with van der Waals surface area (Å²) in [6.45, 7) is 5.68. The molecule has 0 atom stereocenters. The van der Waals surface area contributed by atoms with Crippen LogP contribution < -0.4 is 14.2 Å². The monoisotopic (exact) mass is 889 g/mol. The minimum Gasteiger partial charge on any atom is -0.489 e. The van der Waals surface area contributed by atoms with E-state index < -0.39 is 18.7 Å². The number of carboxylic acid groups (broad SMARTS) is 1. The lowest BCUT2D eigenvalue weighted by Crippen LogP contribution is -2.17. The minimum absolute atomic E-state index is 0.0512. The van der Waals surface area contributed by atoms with E-state index in [2.05, 4.69) is 19.8 Å². The molecule has 0 aliphatic heterocycles. The third kappa shape index (κ3) is 9.58. The average molecular weight is 890 g/mol. The Balaban J connectivity index is 0.000000223. The molecule has 2 aliphatic carbocycles. The Bertz CT molecular complexity index is 2820. The number of halogens is 6. The van der Waals surface area contributed by atoms with Gasteiger partial charge in [-0.3, -0.25) is 0 Å². The highest BCUT2D eigenvalue weighted by molar-refractivity contribution is 6.04. The van der Waals surface area contributed by atoms with E-state index >= 15 is 0 Å². The fraction of sp³-hybridized carbons (Fsp3) is 0.298. The van der Waals surface area contributed by atoms with Crippen molar-refractivity contribution in [2.75, 3.05) is 0 Å². The van der Waals surface area contributed by atoms with Crippen LogP contribution >= 0.6 is 0 Å². The second-order valence-electron chi connectivity index (χ2n) is 15.9. The van der Waals surface area contributed by atoms with Crippen LogP contribution in [-0.2, 0) is 13.2 Å². The lowest BCUT2D eigenvalue weighted by atomic mass is 9.98. The zero-order chi connectivity index (χ0) is 45.5. The van der Waals surface area contributed by atoms with Gasteiger partial charge >= 0.3 is 18.7 Å². The predicted octanol–water partition coefficient (Wildman–Crippen LogP) is 12.5. The van der Waals surface area contributed by atoms with Crippen molar-refractivity contribution in [2.24, 2.45) is 0 Å². The quantitative estimate of drug-likeness (QED) is 0.107. The highest BCUT2D eigenvalue weighted by atomic mass is 19.4. The third-order valence-electron chi connectivity index (χ3n) is 10.9. The van der Waals surface area contributed by atoms with Crippen LogP contribution in [0, 0.1) is 6.92 Å². The first-order chi connectivity index (χ1) is 30.5. The van der Waals surface area contributed by atoms with Crippen LogP contribution in [0.15, 0.2) is 100 Å². The van der Waals surface area contributed by atoms with E-state index in [1.165, 1.54) is 36.4 Å². The first kappa shape index (κ1) is 43.9. The van der Waals surface area contributed by atoms with Crippen molar-refractivity contribution >= 4 is 16.9 Å². The maximum Gasteiger partial charge on any atom is 0.573 e. The second-order valence-corrected chi connectivity index (χ2v) is 15.9. The van der Waals surface area contributed by atoms with Crippen molar-refractivity contribution in [1.82, 2.24) is 14.9 Å². The highest BCUT2D eigenvalue weighted by Gasteiger charge is 2.37. The molecule has 0 radical (unpaired) electrons. The number of aliphatic hydroxyl groups is 1. The number of hydrogen-bond acceptors (Lipinski definition) is 9. The molecule has 4 aromatic carbocycles. The van der Waals surface area contributed by atoms with E-state index in [1.54, 1.807) is 18.3 Å². The number of nitrogens with zero attached hydrogens (tertiary/aromatic N) is 3. The minimum atomic E-state index is -4.85. The molecule has 2 aliphatic rings. The summed E-state index contributed by atoms with van der Waals surface area (Å²) in [5.41, 5.74) is 5.74. The zero-order valence-corrected chi connectivity index (χ0v) is 34.6. The predicted molar refractivity (Wildman–Crippen MR) is 221 cm³/mol. The molecular formula is C47H41F6N3O8. The summed E-state index contributed by atoms with van der Waals surface area (Å²) in [6, 6.07) is 23.0. The molecule has 334 valence electrons. The fourth-order valence-electron chi connectivity index (χ4n) is 7.67. The van der Waals surface area contributed by atoms with Crippen LogP contribution in [0.5, 0.6) is 17.2 Å². The summed E-state index contributed by atoms with van der Waals surface area (Å²) in [7, 11) is 0. The molecule has 9 rings (SSSR count). The number of aryl methyl sites for hydroxylation is 1. The number of alkyl halides is 6. The molecule has 3 aromatic heterocycles. The summed E-state index contributed by atoms with van der Waals surface area (Å²) in [4.78, 5) is 11.8. The molecule has 2 fully saturated rings. The molecule has 0 spiro atoms. The Kier molecular flexibility index (Phi) is 12.0. The number of rotatable bonds is 13. The van der Waals surface area contributed by atoms with E-state index in [9.17, 15) is 41.4 Å². The summed E-state index contributed by atoms with van der Waals surface area (Å²) in [5, 5.41) is 27.8. The number of carboxylic acids is 1. The summed E-state index contributed by atoms with van der Waals surface area (Å²) in [5.74, 6) is 0.409. The molecule has 17 heteroatoms. The highest BCUT2D eigenvalue weighted by Crippen LogP contribution is 2.47. The smallest absolute Gasteiger partial charge is 0.489 e. The average Bonchev–Trinajstić information content (AvgIpc) is 4.15. The van der Waals surface area contributed by atoms with Gasteiger partial charge in [0.05, 0.1) is 17.7 Å². The van der Waals surface area contributed by atoms with E-state index in [-0.39, 0.29) is 70.7 Å². The van der Waals surface area contributed by atoms with Crippen molar-refractivity contribution < 1.29 is 64.6 Å². The Morgan fingerprint density at radius 2 is 1.31 bits per heavy atom. The summed E-state index contributed by atoms with van der Waals surface area (Å²) < 4.78 is 104. The molecule has 2 N–H and O–H groups in total. The topological polar surface area (TPSA) is 142 Å². The number of carbonyl (C=O) groups is 1. The number of para-hydroxylation sites is 2. The molecule has 0 unspecified atom stereocenters. The molecular weight excluding hydrogens is 849 g/mol. The van der Waals surface area contributed by atoms with Gasteiger partial charge in [-0.15, -0.1) is 26.3 Å². The Hall–Kier alpha value is -6.75. The van der Waals surface area contributed by atoms with E-state index in [1.807, 2.05) is 61.7 Å². The maximum absolute atomic E-state index is 13.1. The third-order valence-corrected chi connectivity index (χ3v) is 10.9. The van der Waals surface area contributed by atoms with Gasteiger partial charge in [-0.25, -0.2) is 4.79 Å². The van der Waals surface area contributed by atoms with Gasteiger partial charge in [-0.1, -0.05) is 52.8 Å². The fourth-order valence-corrected chi connectivity index (χ4v) is 7.67. The number of ether oxygens (including phenoxy) is 3. The van der Waals surface area contributed by atoms with Gasteiger partial charge in [0.2, 0.25) is 0 Å². The Morgan fingerprint density at radius 3 is 1.81 bits per heavy atom. The van der Waals surface area contributed by atoms with E-state index in [0.717, 1.165) is 47.9 Å². The number of benzene rings is 4. The van der Waals surface area contributed by atoms with Crippen molar-refractivity contribution in [3.8, 4) is 50.9 Å². The summed E-state index contributed by atoms with van der Waals surface area (Å²) in [6.07, 6.45) is -4.28. The van der Waals surface area contributed by atoms with Crippen molar-refractivity contribution in [3.05, 3.63) is 125 Å². The van der Waals surface area contributed by atoms with Crippen LogP contribution in [-0.4, -0.2) is 43.8 Å². The van der Waals surface area contributed by atoms with E-state index in [0.29, 0.717) is 33.8 Å². The lowest BCUT2D eigenvalue weighted by Gasteiger charge is -2.14. The zero-order valence-electron chi connectivity index (χ0n) is 34.6. The number of aromatic carboxylic acids is 1. The van der Waals surface area contributed by atoms with Gasteiger partial charge in [-0.05, 0) is 106 Å². The van der Waals surface area contributed by atoms with Gasteiger partial charge in [0, 0.05) is 51.7 Å². The number of aliphatic hydroxyl groups excluding tert-OH is 1. The molecule has 3 heterocycles. The molecule has 7 aromatic rings. The number of fused-ring (bicyclic) bond motifs is 1. The van der Waals surface area contributed by atoms with Crippen molar-refractivity contribution in [2.45, 2.75) is 90.3 Å².